The first-order valence-electron chi connectivity index (χ1n) is 8.43. The van der Waals surface area contributed by atoms with Gasteiger partial charge in [-0.25, -0.2) is 0 Å². The van der Waals surface area contributed by atoms with Crippen LogP contribution < -0.4 is 5.73 Å². The van der Waals surface area contributed by atoms with Crippen molar-refractivity contribution in [3.05, 3.63) is 12.2 Å². The topological polar surface area (TPSA) is 66.5 Å². The molecule has 0 spiro atoms. The molecule has 120 valence electrons. The summed E-state index contributed by atoms with van der Waals surface area (Å²) in [4.78, 5) is 0. The Morgan fingerprint density at radius 2 is 1.40 bits per heavy atom. The molecule has 0 aromatic carbocycles. The summed E-state index contributed by atoms with van der Waals surface area (Å²) in [7, 11) is 0. The highest BCUT2D eigenvalue weighted by atomic mass is 16.3. The lowest BCUT2D eigenvalue weighted by atomic mass is 10.1. The van der Waals surface area contributed by atoms with Crippen LogP contribution in [0.25, 0.3) is 0 Å². The summed E-state index contributed by atoms with van der Waals surface area (Å²) in [5, 5.41) is 18.3. The van der Waals surface area contributed by atoms with Crippen molar-refractivity contribution in [2.75, 3.05) is 6.61 Å². The largest absolute Gasteiger partial charge is 0.395 e. The molecule has 0 fully saturated rings. The summed E-state index contributed by atoms with van der Waals surface area (Å²) in [6.07, 6.45) is 17.4. The van der Waals surface area contributed by atoms with Gasteiger partial charge in [-0.3, -0.25) is 0 Å². The summed E-state index contributed by atoms with van der Waals surface area (Å²) < 4.78 is 0. The molecule has 0 aliphatic carbocycles. The molecule has 0 radical (unpaired) electrons. The molecule has 0 aliphatic heterocycles. The lowest BCUT2D eigenvalue weighted by Crippen LogP contribution is -2.36. The molecule has 3 nitrogen and oxygen atoms in total. The molecule has 20 heavy (non-hydrogen) atoms. The smallest absolute Gasteiger partial charge is 0.0894 e. The highest BCUT2D eigenvalue weighted by Crippen LogP contribution is 2.11. The molecule has 0 amide bonds. The second kappa shape index (κ2) is 15.0. The zero-order valence-electron chi connectivity index (χ0n) is 13.3. The van der Waals surface area contributed by atoms with E-state index in [1.807, 2.05) is 6.08 Å². The van der Waals surface area contributed by atoms with Crippen LogP contribution in [0.3, 0.4) is 0 Å². The van der Waals surface area contributed by atoms with Crippen molar-refractivity contribution in [1.29, 1.82) is 0 Å². The minimum absolute atomic E-state index is 0.177. The molecule has 2 atom stereocenters. The van der Waals surface area contributed by atoms with Gasteiger partial charge in [0, 0.05) is 0 Å². The van der Waals surface area contributed by atoms with Crippen LogP contribution in [0.4, 0.5) is 0 Å². The van der Waals surface area contributed by atoms with Crippen molar-refractivity contribution in [1.82, 2.24) is 0 Å². The molecule has 0 saturated carbocycles. The fourth-order valence-electron chi connectivity index (χ4n) is 2.24. The zero-order valence-corrected chi connectivity index (χ0v) is 13.3. The molecule has 0 saturated heterocycles. The first-order chi connectivity index (χ1) is 9.72. The van der Waals surface area contributed by atoms with Crippen LogP contribution >= 0.6 is 0 Å². The lowest BCUT2D eigenvalue weighted by molar-refractivity contribution is 0.144. The van der Waals surface area contributed by atoms with Crippen LogP contribution in [-0.2, 0) is 0 Å². The molecule has 0 aliphatic rings. The van der Waals surface area contributed by atoms with Gasteiger partial charge in [0.1, 0.15) is 0 Å². The minimum Gasteiger partial charge on any atom is -0.395 e. The van der Waals surface area contributed by atoms with Crippen LogP contribution in [0.2, 0.25) is 0 Å². The first kappa shape index (κ1) is 19.6. The Morgan fingerprint density at radius 3 is 1.90 bits per heavy atom. The van der Waals surface area contributed by atoms with Crippen LogP contribution in [-0.4, -0.2) is 29.0 Å². The maximum Gasteiger partial charge on any atom is 0.0894 e. The molecule has 4 N–H and O–H groups in total. The van der Waals surface area contributed by atoms with Crippen molar-refractivity contribution in [2.24, 2.45) is 5.73 Å². The van der Waals surface area contributed by atoms with E-state index < -0.39 is 12.1 Å². The van der Waals surface area contributed by atoms with Gasteiger partial charge in [-0.1, -0.05) is 76.9 Å². The van der Waals surface area contributed by atoms with Crippen molar-refractivity contribution in [3.63, 3.8) is 0 Å². The van der Waals surface area contributed by atoms with E-state index in [-0.39, 0.29) is 6.61 Å². The average molecular weight is 285 g/mol. The van der Waals surface area contributed by atoms with E-state index in [0.717, 1.165) is 6.42 Å². The van der Waals surface area contributed by atoms with Gasteiger partial charge < -0.3 is 15.9 Å². The van der Waals surface area contributed by atoms with Gasteiger partial charge in [-0.05, 0) is 12.8 Å². The van der Waals surface area contributed by atoms with E-state index in [2.05, 4.69) is 6.92 Å². The molecule has 0 aromatic heterocycles. The number of hydrogen-bond acceptors (Lipinski definition) is 3. The Balaban J connectivity index is 3.22. The molecule has 0 bridgehead atoms. The summed E-state index contributed by atoms with van der Waals surface area (Å²) in [5.74, 6) is 0. The van der Waals surface area contributed by atoms with E-state index in [1.165, 1.54) is 64.2 Å². The Morgan fingerprint density at radius 1 is 0.900 bits per heavy atom. The molecule has 0 rings (SSSR count). The Bertz CT molecular complexity index is 219. The van der Waals surface area contributed by atoms with Gasteiger partial charge in [0.15, 0.2) is 0 Å². The number of nitrogens with two attached hydrogens (primary N) is 1. The van der Waals surface area contributed by atoms with Crippen LogP contribution in [0.1, 0.15) is 77.6 Å². The van der Waals surface area contributed by atoms with Crippen LogP contribution in [0.15, 0.2) is 12.2 Å². The molecule has 0 aromatic rings. The molecule has 2 unspecified atom stereocenters. The normalized spacial score (nSPS) is 14.8. The van der Waals surface area contributed by atoms with E-state index >= 15 is 0 Å². The van der Waals surface area contributed by atoms with Gasteiger partial charge in [0.25, 0.3) is 0 Å². The van der Waals surface area contributed by atoms with Crippen LogP contribution in [0, 0.1) is 0 Å². The van der Waals surface area contributed by atoms with Gasteiger partial charge in [-0.2, -0.15) is 0 Å². The number of hydrogen-bond donors (Lipinski definition) is 3. The van der Waals surface area contributed by atoms with Gasteiger partial charge in [0.2, 0.25) is 0 Å². The quantitative estimate of drug-likeness (QED) is 0.338. The van der Waals surface area contributed by atoms with Crippen molar-refractivity contribution in [3.8, 4) is 0 Å². The Kier molecular flexibility index (Phi) is 14.7. The number of rotatable bonds is 14. The lowest BCUT2D eigenvalue weighted by Gasteiger charge is -2.11. The van der Waals surface area contributed by atoms with E-state index in [0.29, 0.717) is 0 Å². The number of aliphatic hydroxyl groups excluding tert-OH is 2. The minimum atomic E-state index is -0.719. The fraction of sp³-hybridized carbons (Fsp3) is 0.882. The highest BCUT2D eigenvalue weighted by Gasteiger charge is 2.08. The third-order valence-electron chi connectivity index (χ3n) is 3.71. The standard InChI is InChI=1S/C17H35NO2/c1-2-3-4-5-6-7-8-9-10-11-12-13-14-17(20)16(18)15-19/h13-14,16-17,19-20H,2-12,15,18H2,1H3/b14-13+. The second-order valence-corrected chi connectivity index (χ2v) is 5.74. The first-order valence-corrected chi connectivity index (χ1v) is 8.43. The van der Waals surface area contributed by atoms with Crippen molar-refractivity contribution >= 4 is 0 Å². The monoisotopic (exact) mass is 285 g/mol. The maximum absolute atomic E-state index is 9.51. The average Bonchev–Trinajstić information content (AvgIpc) is 2.47. The SMILES string of the molecule is CCCCCCCCCCCC/C=C/C(O)C(N)CO. The Hall–Kier alpha value is -0.380. The number of aliphatic hydroxyl groups is 2. The predicted octanol–water partition coefficient (Wildman–Crippen LogP) is 3.53. The third kappa shape index (κ3) is 12.6. The number of allylic oxidation sites excluding steroid dienone is 1. The van der Waals surface area contributed by atoms with E-state index in [4.69, 9.17) is 10.8 Å². The second-order valence-electron chi connectivity index (χ2n) is 5.74. The zero-order chi connectivity index (χ0) is 15.1. The predicted molar refractivity (Wildman–Crippen MR) is 86.7 cm³/mol. The van der Waals surface area contributed by atoms with Crippen LogP contribution in [0.5, 0.6) is 0 Å². The van der Waals surface area contributed by atoms with Gasteiger partial charge >= 0.3 is 0 Å². The summed E-state index contributed by atoms with van der Waals surface area (Å²) in [5.41, 5.74) is 5.50. The van der Waals surface area contributed by atoms with Gasteiger partial charge in [0.05, 0.1) is 18.8 Å². The molecular weight excluding hydrogens is 250 g/mol. The summed E-state index contributed by atoms with van der Waals surface area (Å²) >= 11 is 0. The highest BCUT2D eigenvalue weighted by molar-refractivity contribution is 4.93. The number of unbranched alkanes of at least 4 members (excludes halogenated alkanes) is 10. The Labute approximate surface area is 125 Å². The summed E-state index contributed by atoms with van der Waals surface area (Å²) in [6, 6.07) is -0.557. The summed E-state index contributed by atoms with van der Waals surface area (Å²) in [6.45, 7) is 2.08. The van der Waals surface area contributed by atoms with E-state index in [1.54, 1.807) is 6.08 Å². The fourth-order valence-corrected chi connectivity index (χ4v) is 2.24. The van der Waals surface area contributed by atoms with Crippen molar-refractivity contribution < 1.29 is 10.2 Å². The third-order valence-corrected chi connectivity index (χ3v) is 3.71. The van der Waals surface area contributed by atoms with E-state index in [9.17, 15) is 5.11 Å². The van der Waals surface area contributed by atoms with Gasteiger partial charge in [-0.15, -0.1) is 0 Å². The maximum atomic E-state index is 9.51. The molecule has 0 heterocycles. The van der Waals surface area contributed by atoms with Crippen molar-refractivity contribution in [2.45, 2.75) is 89.7 Å². The molecular formula is C17H35NO2. The molecule has 3 heteroatoms.